The van der Waals surface area contributed by atoms with Crippen LogP contribution in [0.1, 0.15) is 12.1 Å². The van der Waals surface area contributed by atoms with Gasteiger partial charge in [0.05, 0.1) is 12.7 Å². The average molecular weight is 466 g/mol. The molecule has 3 aromatic heterocycles. The van der Waals surface area contributed by atoms with Crippen molar-refractivity contribution in [1.29, 1.82) is 0 Å². The van der Waals surface area contributed by atoms with Crippen molar-refractivity contribution in [3.05, 3.63) is 36.2 Å². The molecule has 13 heteroatoms. The maximum Gasteiger partial charge on any atom is 0.282 e. The number of methoxy groups -OCH3 is 1. The zero-order chi connectivity index (χ0) is 21.8. The van der Waals surface area contributed by atoms with Crippen LogP contribution in [0.5, 0.6) is 5.75 Å². The molecule has 1 N–H and O–H groups in total. The molecule has 0 spiro atoms. The zero-order valence-corrected chi connectivity index (χ0v) is 18.1. The number of halogens is 2. The lowest BCUT2D eigenvalue weighted by Crippen LogP contribution is -1.91. The van der Waals surface area contributed by atoms with Crippen LogP contribution < -0.4 is 4.74 Å². The number of nitrogens with zero attached hydrogens (tertiary/aromatic N) is 6. The van der Waals surface area contributed by atoms with Crippen LogP contribution in [0.25, 0.3) is 22.8 Å². The molecule has 0 saturated heterocycles. The molecule has 31 heavy (non-hydrogen) atoms. The van der Waals surface area contributed by atoms with E-state index in [0.29, 0.717) is 27.7 Å². The van der Waals surface area contributed by atoms with Crippen LogP contribution >= 0.6 is 23.5 Å². The van der Waals surface area contributed by atoms with Crippen LogP contribution in [0.15, 0.2) is 45.3 Å². The Bertz CT molecular complexity index is 1140. The summed E-state index contributed by atoms with van der Waals surface area (Å²) in [6, 6.07) is 7.52. The average Bonchev–Trinajstić information content (AvgIpc) is 3.51. The summed E-state index contributed by atoms with van der Waals surface area (Å²) in [6.07, 6.45) is -1.29. The van der Waals surface area contributed by atoms with Crippen LogP contribution in [0.4, 0.5) is 8.78 Å². The summed E-state index contributed by atoms with van der Waals surface area (Å²) in [7, 11) is 3.17. The molecule has 0 aliphatic heterocycles. The fourth-order valence-corrected chi connectivity index (χ4v) is 4.19. The number of aromatic nitrogens is 7. The van der Waals surface area contributed by atoms with Crippen LogP contribution in [-0.2, 0) is 7.05 Å². The summed E-state index contributed by atoms with van der Waals surface area (Å²) in [6.45, 7) is 0. The van der Waals surface area contributed by atoms with Crippen molar-refractivity contribution in [3.63, 3.8) is 0 Å². The summed E-state index contributed by atoms with van der Waals surface area (Å²) >= 11 is 2.80. The molecule has 0 aliphatic rings. The normalized spacial score (nSPS) is 11.4. The van der Waals surface area contributed by atoms with Gasteiger partial charge in [-0.1, -0.05) is 23.5 Å². The molecule has 0 amide bonds. The molecule has 0 saturated carbocycles. The van der Waals surface area contributed by atoms with Gasteiger partial charge in [0.25, 0.3) is 17.5 Å². The fraction of sp³-hybridized carbons (Fsp3) is 0.278. The minimum Gasteiger partial charge on any atom is -0.497 e. The SMILES string of the molecule is COc1ccc(-c2nc(SCCSc3nnc(-c4cn(C)nc4C(F)F)o3)n[nH]2)cc1. The Kier molecular flexibility index (Phi) is 6.51. The largest absolute Gasteiger partial charge is 0.497 e. The molecule has 4 aromatic rings. The number of rotatable bonds is 9. The highest BCUT2D eigenvalue weighted by Crippen LogP contribution is 2.31. The van der Waals surface area contributed by atoms with Gasteiger partial charge in [0.2, 0.25) is 5.16 Å². The smallest absolute Gasteiger partial charge is 0.282 e. The minimum absolute atomic E-state index is 0.0247. The van der Waals surface area contributed by atoms with E-state index in [4.69, 9.17) is 9.15 Å². The number of ether oxygens (including phenoxy) is 1. The first kappa shape index (κ1) is 21.3. The Labute approximate surface area is 184 Å². The predicted octanol–water partition coefficient (Wildman–Crippen LogP) is 4.09. The van der Waals surface area contributed by atoms with Gasteiger partial charge in [-0.15, -0.1) is 15.3 Å². The molecular formula is C18H17F2N7O2S2. The molecule has 4 rings (SSSR count). The van der Waals surface area contributed by atoms with E-state index in [1.54, 1.807) is 14.2 Å². The van der Waals surface area contributed by atoms with E-state index in [1.165, 1.54) is 34.4 Å². The van der Waals surface area contributed by atoms with Crippen LogP contribution in [0, 0.1) is 0 Å². The standard InChI is InChI=1S/C18H17F2N7O2S2/c1-27-9-12(13(26-27)14(19)20)16-23-25-18(29-16)31-8-7-30-17-21-15(22-24-17)10-3-5-11(28-2)6-4-10/h3-6,9,14H,7-8H2,1-2H3,(H,21,22,24). The number of benzene rings is 1. The summed E-state index contributed by atoms with van der Waals surface area (Å²) in [4.78, 5) is 4.47. The molecule has 0 fully saturated rings. The van der Waals surface area contributed by atoms with E-state index < -0.39 is 6.43 Å². The van der Waals surface area contributed by atoms with Gasteiger partial charge in [0.1, 0.15) is 11.4 Å². The Balaban J connectivity index is 1.29. The van der Waals surface area contributed by atoms with Crippen molar-refractivity contribution in [2.45, 2.75) is 16.8 Å². The van der Waals surface area contributed by atoms with Gasteiger partial charge in [-0.2, -0.15) is 5.10 Å². The second-order valence-corrected chi connectivity index (χ2v) is 8.28. The maximum absolute atomic E-state index is 13.1. The van der Waals surface area contributed by atoms with Crippen molar-refractivity contribution < 1.29 is 17.9 Å². The van der Waals surface area contributed by atoms with E-state index in [2.05, 4.69) is 30.5 Å². The van der Waals surface area contributed by atoms with Crippen LogP contribution in [0.2, 0.25) is 0 Å². The Hall–Kier alpha value is -2.93. The lowest BCUT2D eigenvalue weighted by atomic mass is 10.2. The van der Waals surface area contributed by atoms with E-state index >= 15 is 0 Å². The van der Waals surface area contributed by atoms with Crippen LogP contribution in [-0.4, -0.2) is 53.8 Å². The van der Waals surface area contributed by atoms with E-state index in [1.807, 2.05) is 24.3 Å². The lowest BCUT2D eigenvalue weighted by Gasteiger charge is -1.99. The number of H-pyrrole nitrogens is 1. The Morgan fingerprint density at radius 1 is 1.16 bits per heavy atom. The molecule has 0 radical (unpaired) electrons. The number of hydrogen-bond donors (Lipinski definition) is 1. The molecule has 0 aliphatic carbocycles. The van der Waals surface area contributed by atoms with Crippen molar-refractivity contribution in [3.8, 4) is 28.6 Å². The number of nitrogens with one attached hydrogen (secondary N) is 1. The second-order valence-electron chi connectivity index (χ2n) is 6.17. The zero-order valence-electron chi connectivity index (χ0n) is 16.5. The molecule has 3 heterocycles. The van der Waals surface area contributed by atoms with Gasteiger partial charge in [0, 0.05) is 30.3 Å². The maximum atomic E-state index is 13.1. The number of aromatic amines is 1. The second kappa shape index (κ2) is 9.47. The quantitative estimate of drug-likeness (QED) is 0.289. The third-order valence-corrected chi connectivity index (χ3v) is 6.00. The summed E-state index contributed by atoms with van der Waals surface area (Å²) in [5.41, 5.74) is 0.667. The summed E-state index contributed by atoms with van der Waals surface area (Å²) in [5, 5.41) is 19.6. The van der Waals surface area contributed by atoms with E-state index in [9.17, 15) is 8.78 Å². The molecular weight excluding hydrogens is 448 g/mol. The van der Waals surface area contributed by atoms with E-state index in [0.717, 1.165) is 11.3 Å². The lowest BCUT2D eigenvalue weighted by molar-refractivity contribution is 0.145. The van der Waals surface area contributed by atoms with Gasteiger partial charge >= 0.3 is 0 Å². The molecule has 0 atom stereocenters. The highest BCUT2D eigenvalue weighted by Gasteiger charge is 2.23. The third-order valence-electron chi connectivity index (χ3n) is 4.07. The highest BCUT2D eigenvalue weighted by molar-refractivity contribution is 8.02. The van der Waals surface area contributed by atoms with Gasteiger partial charge in [0.15, 0.2) is 5.82 Å². The highest BCUT2D eigenvalue weighted by atomic mass is 32.2. The monoisotopic (exact) mass is 465 g/mol. The van der Waals surface area contributed by atoms with Gasteiger partial charge in [-0.05, 0) is 24.3 Å². The van der Waals surface area contributed by atoms with Gasteiger partial charge < -0.3 is 9.15 Å². The van der Waals surface area contributed by atoms with Crippen LogP contribution in [0.3, 0.4) is 0 Å². The Morgan fingerprint density at radius 3 is 2.68 bits per heavy atom. The molecule has 9 nitrogen and oxygen atoms in total. The first-order chi connectivity index (χ1) is 15.0. The molecule has 1 aromatic carbocycles. The predicted molar refractivity (Wildman–Crippen MR) is 111 cm³/mol. The van der Waals surface area contributed by atoms with Crippen molar-refractivity contribution in [1.82, 2.24) is 35.2 Å². The molecule has 0 bridgehead atoms. The van der Waals surface area contributed by atoms with Gasteiger partial charge in [-0.3, -0.25) is 9.78 Å². The summed E-state index contributed by atoms with van der Waals surface area (Å²) in [5.74, 6) is 2.81. The Morgan fingerprint density at radius 2 is 1.94 bits per heavy atom. The number of aryl methyl sites for hydroxylation is 1. The number of hydrogen-bond acceptors (Lipinski definition) is 9. The van der Waals surface area contributed by atoms with Gasteiger partial charge in [-0.25, -0.2) is 13.8 Å². The van der Waals surface area contributed by atoms with Crippen molar-refractivity contribution >= 4 is 23.5 Å². The topological polar surface area (TPSA) is 108 Å². The first-order valence-electron chi connectivity index (χ1n) is 9.01. The van der Waals surface area contributed by atoms with E-state index in [-0.39, 0.29) is 17.1 Å². The molecule has 162 valence electrons. The number of thioether (sulfide) groups is 2. The summed E-state index contributed by atoms with van der Waals surface area (Å²) < 4.78 is 38.1. The first-order valence-corrected chi connectivity index (χ1v) is 11.0. The minimum atomic E-state index is -2.72. The third kappa shape index (κ3) is 5.05. The fourth-order valence-electron chi connectivity index (χ4n) is 2.66. The number of alkyl halides is 2. The molecule has 0 unspecified atom stereocenters. The van der Waals surface area contributed by atoms with Crippen molar-refractivity contribution in [2.75, 3.05) is 18.6 Å². The van der Waals surface area contributed by atoms with Crippen molar-refractivity contribution in [2.24, 2.45) is 7.05 Å².